The van der Waals surface area contributed by atoms with Crippen molar-refractivity contribution in [2.24, 2.45) is 17.3 Å². The number of carbonyl (C=O) groups excluding carboxylic acids is 1. The van der Waals surface area contributed by atoms with E-state index in [4.69, 9.17) is 4.74 Å². The first kappa shape index (κ1) is 18.5. The fraction of sp³-hybridized carbons (Fsp3) is 0.947. The fourth-order valence-electron chi connectivity index (χ4n) is 4.30. The summed E-state index contributed by atoms with van der Waals surface area (Å²) in [6.45, 7) is 6.71. The third kappa shape index (κ3) is 5.00. The highest BCUT2D eigenvalue weighted by Gasteiger charge is 2.46. The van der Waals surface area contributed by atoms with Crippen molar-refractivity contribution in [2.75, 3.05) is 7.11 Å². The number of hydrogen-bond donors (Lipinski definition) is 0. The Bertz CT molecular complexity index is 300. The molecule has 1 rings (SSSR count). The second kappa shape index (κ2) is 9.48. The van der Waals surface area contributed by atoms with Gasteiger partial charge in [0.1, 0.15) is 0 Å². The summed E-state index contributed by atoms with van der Waals surface area (Å²) in [5, 5.41) is 0. The quantitative estimate of drug-likeness (QED) is 0.400. The summed E-state index contributed by atoms with van der Waals surface area (Å²) in [7, 11) is 1.55. The molecule has 0 aromatic heterocycles. The lowest BCUT2D eigenvalue weighted by Crippen LogP contribution is -2.42. The topological polar surface area (TPSA) is 26.3 Å². The van der Waals surface area contributed by atoms with E-state index in [1.807, 2.05) is 0 Å². The van der Waals surface area contributed by atoms with Crippen LogP contribution >= 0.6 is 0 Å². The Morgan fingerprint density at radius 3 is 2.52 bits per heavy atom. The molecule has 0 aromatic carbocycles. The van der Waals surface area contributed by atoms with Crippen LogP contribution in [0, 0.1) is 17.3 Å². The molecule has 124 valence electrons. The van der Waals surface area contributed by atoms with Gasteiger partial charge in [-0.3, -0.25) is 4.79 Å². The third-order valence-corrected chi connectivity index (χ3v) is 5.70. The van der Waals surface area contributed by atoms with Gasteiger partial charge in [0.15, 0.2) is 0 Å². The van der Waals surface area contributed by atoms with Crippen LogP contribution in [0.25, 0.3) is 0 Å². The van der Waals surface area contributed by atoms with Crippen LogP contribution in [0.15, 0.2) is 0 Å². The van der Waals surface area contributed by atoms with E-state index in [0.717, 1.165) is 6.42 Å². The Balaban J connectivity index is 2.60. The van der Waals surface area contributed by atoms with Gasteiger partial charge in [0.25, 0.3) is 0 Å². The second-order valence-electron chi connectivity index (χ2n) is 7.13. The minimum atomic E-state index is -0.239. The first-order chi connectivity index (χ1) is 10.1. The normalized spacial score (nSPS) is 27.3. The van der Waals surface area contributed by atoms with Gasteiger partial charge in [-0.1, -0.05) is 71.6 Å². The number of esters is 1. The van der Waals surface area contributed by atoms with Gasteiger partial charge < -0.3 is 4.74 Å². The zero-order valence-electron chi connectivity index (χ0n) is 14.7. The van der Waals surface area contributed by atoms with Gasteiger partial charge in [-0.2, -0.15) is 0 Å². The van der Waals surface area contributed by atoms with Crippen LogP contribution in [0.3, 0.4) is 0 Å². The van der Waals surface area contributed by atoms with E-state index in [2.05, 4.69) is 20.8 Å². The zero-order valence-corrected chi connectivity index (χ0v) is 14.7. The van der Waals surface area contributed by atoms with Crippen LogP contribution in [0.5, 0.6) is 0 Å². The number of methoxy groups -OCH3 is 1. The van der Waals surface area contributed by atoms with Crippen LogP contribution in [0.1, 0.15) is 91.4 Å². The third-order valence-electron chi connectivity index (χ3n) is 5.70. The maximum atomic E-state index is 12.3. The summed E-state index contributed by atoms with van der Waals surface area (Å²) < 4.78 is 5.14. The molecule has 1 aliphatic rings. The van der Waals surface area contributed by atoms with E-state index in [0.29, 0.717) is 11.8 Å². The predicted molar refractivity (Wildman–Crippen MR) is 89.2 cm³/mol. The van der Waals surface area contributed by atoms with Crippen molar-refractivity contribution in [2.45, 2.75) is 91.4 Å². The van der Waals surface area contributed by atoms with Crippen LogP contribution < -0.4 is 0 Å². The first-order valence-corrected chi connectivity index (χ1v) is 9.18. The molecule has 0 spiro atoms. The van der Waals surface area contributed by atoms with E-state index in [1.54, 1.807) is 7.11 Å². The number of hydrogen-bond acceptors (Lipinski definition) is 2. The summed E-state index contributed by atoms with van der Waals surface area (Å²) in [6, 6.07) is 0. The Morgan fingerprint density at radius 1 is 1.19 bits per heavy atom. The van der Waals surface area contributed by atoms with Crippen molar-refractivity contribution in [1.29, 1.82) is 0 Å². The lowest BCUT2D eigenvalue weighted by atomic mass is 9.61. The number of carbonyl (C=O) groups is 1. The van der Waals surface area contributed by atoms with Crippen molar-refractivity contribution in [3.63, 3.8) is 0 Å². The molecule has 0 aromatic rings. The molecule has 2 heteroatoms. The van der Waals surface area contributed by atoms with E-state index in [1.165, 1.54) is 64.2 Å². The average Bonchev–Trinajstić information content (AvgIpc) is 2.51. The highest BCUT2D eigenvalue weighted by atomic mass is 16.5. The SMILES string of the molecule is CCCCCCCC(CC)C1CCCCC1(C)C(=O)OC. The van der Waals surface area contributed by atoms with Gasteiger partial charge in [0.2, 0.25) is 0 Å². The fourth-order valence-corrected chi connectivity index (χ4v) is 4.30. The van der Waals surface area contributed by atoms with Crippen LogP contribution in [0.2, 0.25) is 0 Å². The lowest BCUT2D eigenvalue weighted by molar-refractivity contribution is -0.159. The molecule has 1 fully saturated rings. The minimum Gasteiger partial charge on any atom is -0.469 e. The predicted octanol–water partition coefficient (Wildman–Crippen LogP) is 5.74. The minimum absolute atomic E-state index is 0.0247. The monoisotopic (exact) mass is 296 g/mol. The standard InChI is InChI=1S/C19H36O2/c1-5-7-8-9-10-13-16(6-2)17-14-11-12-15-19(17,3)18(20)21-4/h16-17H,5-15H2,1-4H3. The Kier molecular flexibility index (Phi) is 8.36. The van der Waals surface area contributed by atoms with Crippen LogP contribution in [-0.4, -0.2) is 13.1 Å². The van der Waals surface area contributed by atoms with E-state index in [9.17, 15) is 4.79 Å². The maximum Gasteiger partial charge on any atom is 0.311 e. The van der Waals surface area contributed by atoms with Crippen molar-refractivity contribution in [1.82, 2.24) is 0 Å². The number of unbranched alkanes of at least 4 members (excludes halogenated alkanes) is 4. The maximum absolute atomic E-state index is 12.3. The Morgan fingerprint density at radius 2 is 1.90 bits per heavy atom. The molecule has 1 aliphatic carbocycles. The summed E-state index contributed by atoms with van der Waals surface area (Å²) in [5.41, 5.74) is -0.239. The molecule has 2 nitrogen and oxygen atoms in total. The van der Waals surface area contributed by atoms with Crippen molar-refractivity contribution in [3.8, 4) is 0 Å². The molecule has 3 unspecified atom stereocenters. The summed E-state index contributed by atoms with van der Waals surface area (Å²) in [5.74, 6) is 1.24. The molecule has 1 saturated carbocycles. The van der Waals surface area contributed by atoms with E-state index >= 15 is 0 Å². The van der Waals surface area contributed by atoms with Gasteiger partial charge >= 0.3 is 5.97 Å². The van der Waals surface area contributed by atoms with Gasteiger partial charge in [-0.15, -0.1) is 0 Å². The zero-order chi connectivity index (χ0) is 15.7. The molecule has 0 amide bonds. The van der Waals surface area contributed by atoms with Crippen molar-refractivity contribution in [3.05, 3.63) is 0 Å². The molecule has 0 saturated heterocycles. The van der Waals surface area contributed by atoms with Gasteiger partial charge in [0, 0.05) is 0 Å². The molecule has 0 heterocycles. The van der Waals surface area contributed by atoms with Crippen LogP contribution in [0.4, 0.5) is 0 Å². The second-order valence-corrected chi connectivity index (χ2v) is 7.13. The van der Waals surface area contributed by atoms with Crippen molar-refractivity contribution < 1.29 is 9.53 Å². The molecule has 21 heavy (non-hydrogen) atoms. The number of rotatable bonds is 9. The largest absolute Gasteiger partial charge is 0.469 e. The van der Waals surface area contributed by atoms with Gasteiger partial charge in [-0.25, -0.2) is 0 Å². The Hall–Kier alpha value is -0.530. The molecule has 0 aliphatic heterocycles. The smallest absolute Gasteiger partial charge is 0.311 e. The highest BCUT2D eigenvalue weighted by molar-refractivity contribution is 5.76. The van der Waals surface area contributed by atoms with Gasteiger partial charge in [0.05, 0.1) is 12.5 Å². The summed E-state index contributed by atoms with van der Waals surface area (Å²) in [4.78, 5) is 12.3. The Labute approximate surface area is 132 Å². The molecule has 3 atom stereocenters. The number of ether oxygens (including phenoxy) is 1. The lowest BCUT2D eigenvalue weighted by Gasteiger charge is -2.43. The molecule has 0 N–H and O–H groups in total. The van der Waals surface area contributed by atoms with E-state index in [-0.39, 0.29) is 11.4 Å². The average molecular weight is 296 g/mol. The van der Waals surface area contributed by atoms with Crippen LogP contribution in [-0.2, 0) is 9.53 Å². The van der Waals surface area contributed by atoms with Crippen molar-refractivity contribution >= 4 is 5.97 Å². The molecule has 0 radical (unpaired) electrons. The highest BCUT2D eigenvalue weighted by Crippen LogP contribution is 2.47. The first-order valence-electron chi connectivity index (χ1n) is 9.18. The molecular weight excluding hydrogens is 260 g/mol. The summed E-state index contributed by atoms with van der Waals surface area (Å²) in [6.07, 6.45) is 13.9. The van der Waals surface area contributed by atoms with Gasteiger partial charge in [-0.05, 0) is 31.6 Å². The molecule has 0 bridgehead atoms. The summed E-state index contributed by atoms with van der Waals surface area (Å²) >= 11 is 0. The van der Waals surface area contributed by atoms with E-state index < -0.39 is 0 Å². The molecular formula is C19H36O2.